The van der Waals surface area contributed by atoms with E-state index in [0.29, 0.717) is 24.4 Å². The summed E-state index contributed by atoms with van der Waals surface area (Å²) >= 11 is 0. The lowest BCUT2D eigenvalue weighted by molar-refractivity contribution is 0.445. The van der Waals surface area contributed by atoms with Crippen molar-refractivity contribution in [3.63, 3.8) is 0 Å². The van der Waals surface area contributed by atoms with Gasteiger partial charge in [0.1, 0.15) is 5.75 Å². The molecule has 0 amide bonds. The molecule has 2 aromatic heterocycles. The summed E-state index contributed by atoms with van der Waals surface area (Å²) in [6.07, 6.45) is 2.30. The summed E-state index contributed by atoms with van der Waals surface area (Å²) in [7, 11) is 0. The zero-order valence-electron chi connectivity index (χ0n) is 21.3. The van der Waals surface area contributed by atoms with Crippen molar-refractivity contribution >= 4 is 11.6 Å². The maximum Gasteiger partial charge on any atom is 0.354 e. The van der Waals surface area contributed by atoms with Crippen LogP contribution in [0.2, 0.25) is 0 Å². The minimum atomic E-state index is -0.632. The Morgan fingerprint density at radius 1 is 1.03 bits per heavy atom. The molecule has 0 bridgehead atoms. The fraction of sp³-hybridized carbons (Fsp3) is 0.214. The van der Waals surface area contributed by atoms with Crippen LogP contribution in [0.25, 0.3) is 0 Å². The van der Waals surface area contributed by atoms with Crippen LogP contribution in [-0.4, -0.2) is 24.2 Å². The Labute approximate surface area is 219 Å². The predicted octanol–water partition coefficient (Wildman–Crippen LogP) is 5.32. The Morgan fingerprint density at radius 2 is 1.71 bits per heavy atom. The summed E-state index contributed by atoms with van der Waals surface area (Å²) in [6.45, 7) is 7.48. The van der Waals surface area contributed by atoms with E-state index in [2.05, 4.69) is 21.9 Å². The average molecular weight is 520 g/mol. The largest absolute Gasteiger partial charge is 0.516 e. The minimum Gasteiger partial charge on any atom is -0.516 e. The van der Waals surface area contributed by atoms with E-state index < -0.39 is 17.3 Å². The van der Waals surface area contributed by atoms with Gasteiger partial charge in [0.05, 0.1) is 12.8 Å². The highest BCUT2D eigenvalue weighted by molar-refractivity contribution is 5.55. The second kappa shape index (κ2) is 13.5. The van der Waals surface area contributed by atoms with Gasteiger partial charge in [0.2, 0.25) is 17.8 Å². The highest BCUT2D eigenvalue weighted by atomic mass is 19.1. The lowest BCUT2D eigenvalue weighted by atomic mass is 10.1. The van der Waals surface area contributed by atoms with E-state index in [4.69, 9.17) is 9.84 Å². The van der Waals surface area contributed by atoms with E-state index in [0.717, 1.165) is 23.8 Å². The molecule has 38 heavy (non-hydrogen) atoms. The van der Waals surface area contributed by atoms with Gasteiger partial charge in [-0.2, -0.15) is 14.4 Å². The molecular formula is C28H30FN5O4. The smallest absolute Gasteiger partial charge is 0.354 e. The van der Waals surface area contributed by atoms with Gasteiger partial charge in [-0.05, 0) is 49.2 Å². The molecule has 0 aliphatic carbocycles. The molecule has 0 spiro atoms. The lowest BCUT2D eigenvalue weighted by Crippen LogP contribution is -2.42. The first-order chi connectivity index (χ1) is 18.3. The third kappa shape index (κ3) is 7.63. The van der Waals surface area contributed by atoms with E-state index in [1.807, 2.05) is 38.1 Å². The topological polar surface area (TPSA) is 111 Å². The number of hydrogen-bond donors (Lipinski definition) is 2. The standard InChI is InChI=1S/C26H26FN5O3.C2H4O/c1-3-4-16-31-25(33)30-24(32(26(31)34)17-19-10-8-18(2)9-11-19)28-20-12-14-21(15-13-20)35-23-7-5-6-22(27)29-23;1-2-3/h5-15H,3-4,16-17H2,1-2H3,(H,28,30,33);2-3H,1H2. The number of benzene rings is 2. The molecule has 0 saturated heterocycles. The van der Waals surface area contributed by atoms with Crippen molar-refractivity contribution in [2.45, 2.75) is 39.8 Å². The van der Waals surface area contributed by atoms with Crippen LogP contribution in [0.1, 0.15) is 30.9 Å². The fourth-order valence-corrected chi connectivity index (χ4v) is 3.45. The molecule has 10 heteroatoms. The molecule has 0 saturated carbocycles. The van der Waals surface area contributed by atoms with Crippen LogP contribution in [0.4, 0.5) is 16.0 Å². The Balaban J connectivity index is 0.00000127. The van der Waals surface area contributed by atoms with Gasteiger partial charge in [-0.15, -0.1) is 0 Å². The summed E-state index contributed by atoms with van der Waals surface area (Å²) in [5.41, 5.74) is 1.61. The molecule has 0 radical (unpaired) electrons. The monoisotopic (exact) mass is 519 g/mol. The van der Waals surface area contributed by atoms with Crippen LogP contribution in [0, 0.1) is 12.9 Å². The number of aliphatic hydroxyl groups is 1. The highest BCUT2D eigenvalue weighted by Gasteiger charge is 2.14. The number of hydrogen-bond acceptors (Lipinski definition) is 7. The summed E-state index contributed by atoms with van der Waals surface area (Å²) in [5.74, 6) is 0.101. The number of rotatable bonds is 9. The molecule has 9 nitrogen and oxygen atoms in total. The van der Waals surface area contributed by atoms with Crippen LogP contribution in [-0.2, 0) is 13.1 Å². The number of aromatic nitrogens is 4. The Hall–Kier alpha value is -4.73. The molecule has 2 heterocycles. The molecule has 0 atom stereocenters. The molecular weight excluding hydrogens is 489 g/mol. The molecule has 0 aliphatic rings. The van der Waals surface area contributed by atoms with Crippen LogP contribution in [0.5, 0.6) is 11.6 Å². The van der Waals surface area contributed by atoms with E-state index in [1.165, 1.54) is 21.3 Å². The quantitative estimate of drug-likeness (QED) is 0.227. The SMILES string of the molecule is C=CO.CCCCn1c(=O)nc(Nc2ccc(Oc3cccc(F)n3)cc2)n(Cc2ccc(C)cc2)c1=O. The minimum absolute atomic E-state index is 0.134. The third-order valence-corrected chi connectivity index (χ3v) is 5.37. The Morgan fingerprint density at radius 3 is 2.34 bits per heavy atom. The molecule has 0 fully saturated rings. The fourth-order valence-electron chi connectivity index (χ4n) is 3.45. The van der Waals surface area contributed by atoms with E-state index in [9.17, 15) is 14.0 Å². The number of aryl methyl sites for hydroxylation is 1. The zero-order chi connectivity index (χ0) is 27.5. The molecule has 0 aliphatic heterocycles. The van der Waals surface area contributed by atoms with Crippen molar-refractivity contribution in [3.05, 3.63) is 118 Å². The maximum absolute atomic E-state index is 13.3. The summed E-state index contributed by atoms with van der Waals surface area (Å²) < 4.78 is 21.5. The molecule has 2 N–H and O–H groups in total. The summed E-state index contributed by atoms with van der Waals surface area (Å²) in [4.78, 5) is 33.7. The summed E-state index contributed by atoms with van der Waals surface area (Å²) in [6, 6.07) is 18.9. The van der Waals surface area contributed by atoms with Crippen LogP contribution in [0.15, 0.2) is 89.2 Å². The van der Waals surface area contributed by atoms with Crippen molar-refractivity contribution < 1.29 is 14.2 Å². The maximum atomic E-state index is 13.3. The predicted molar refractivity (Wildman–Crippen MR) is 145 cm³/mol. The van der Waals surface area contributed by atoms with Gasteiger partial charge in [-0.25, -0.2) is 14.2 Å². The van der Waals surface area contributed by atoms with Gasteiger partial charge >= 0.3 is 11.4 Å². The van der Waals surface area contributed by atoms with Crippen molar-refractivity contribution in [2.24, 2.45) is 0 Å². The zero-order valence-corrected chi connectivity index (χ0v) is 21.3. The number of halogens is 1. The number of pyridine rings is 1. The average Bonchev–Trinajstić information content (AvgIpc) is 2.89. The number of anilines is 2. The molecule has 4 rings (SSSR count). The van der Waals surface area contributed by atoms with Gasteiger partial charge in [0.25, 0.3) is 0 Å². The number of unbranched alkanes of at least 4 members (excludes halogenated alkanes) is 1. The number of ether oxygens (including phenoxy) is 1. The van der Waals surface area contributed by atoms with E-state index in [1.54, 1.807) is 30.3 Å². The number of nitrogens with zero attached hydrogens (tertiary/aromatic N) is 4. The van der Waals surface area contributed by atoms with Gasteiger partial charge in [0.15, 0.2) is 0 Å². The van der Waals surface area contributed by atoms with Crippen molar-refractivity contribution in [1.82, 2.24) is 19.1 Å². The molecule has 4 aromatic rings. The van der Waals surface area contributed by atoms with Crippen molar-refractivity contribution in [1.29, 1.82) is 0 Å². The van der Waals surface area contributed by atoms with Gasteiger partial charge in [-0.1, -0.05) is 55.8 Å². The Bertz CT molecular complexity index is 1460. The molecule has 2 aromatic carbocycles. The summed E-state index contributed by atoms with van der Waals surface area (Å²) in [5, 5.41) is 10.4. The van der Waals surface area contributed by atoms with E-state index in [-0.39, 0.29) is 18.4 Å². The number of aliphatic hydroxyl groups excluding tert-OH is 1. The molecule has 0 unspecified atom stereocenters. The second-order valence-electron chi connectivity index (χ2n) is 8.31. The van der Waals surface area contributed by atoms with Crippen LogP contribution >= 0.6 is 0 Å². The second-order valence-corrected chi connectivity index (χ2v) is 8.31. The van der Waals surface area contributed by atoms with Crippen molar-refractivity contribution in [2.75, 3.05) is 5.32 Å². The first kappa shape index (κ1) is 27.9. The third-order valence-electron chi connectivity index (χ3n) is 5.37. The van der Waals surface area contributed by atoms with E-state index >= 15 is 0 Å². The van der Waals surface area contributed by atoms with Crippen molar-refractivity contribution in [3.8, 4) is 11.6 Å². The normalized spacial score (nSPS) is 10.3. The molecule has 198 valence electrons. The van der Waals surface area contributed by atoms with Gasteiger partial charge in [0, 0.05) is 18.3 Å². The lowest BCUT2D eigenvalue weighted by Gasteiger charge is -2.16. The van der Waals surface area contributed by atoms with Gasteiger partial charge in [-0.3, -0.25) is 4.57 Å². The van der Waals surface area contributed by atoms with Crippen LogP contribution < -0.4 is 21.4 Å². The number of nitrogens with one attached hydrogen (secondary N) is 1. The van der Waals surface area contributed by atoms with Gasteiger partial charge < -0.3 is 15.2 Å². The highest BCUT2D eigenvalue weighted by Crippen LogP contribution is 2.23. The first-order valence-electron chi connectivity index (χ1n) is 12.0. The van der Waals surface area contributed by atoms with Crippen LogP contribution in [0.3, 0.4) is 0 Å². The first-order valence-corrected chi connectivity index (χ1v) is 12.0. The Kier molecular flexibility index (Phi) is 9.93.